The largest absolute Gasteiger partial charge is 0.493 e. The Balaban J connectivity index is 1.95. The van der Waals surface area contributed by atoms with Crippen LogP contribution in [0, 0.1) is 0 Å². The van der Waals surface area contributed by atoms with Crippen LogP contribution in [0.3, 0.4) is 0 Å². The summed E-state index contributed by atoms with van der Waals surface area (Å²) in [6.45, 7) is 0.0262. The molecule has 0 aliphatic carbocycles. The molecule has 0 aromatic heterocycles. The number of unbranched alkanes of at least 4 members (excludes halogenated alkanes) is 1. The number of nitrogens with one attached hydrogen (secondary N) is 1. The lowest BCUT2D eigenvalue weighted by atomic mass is 10.1. The second-order valence-electron chi connectivity index (χ2n) is 6.44. The maximum Gasteiger partial charge on any atom is 0.387 e. The molecule has 2 rings (SSSR count). The monoisotopic (exact) mass is 423 g/mol. The summed E-state index contributed by atoms with van der Waals surface area (Å²) < 4.78 is 45.5. The molecule has 164 valence electrons. The zero-order chi connectivity index (χ0) is 21.9. The molecule has 0 heterocycles. The van der Waals surface area contributed by atoms with E-state index in [9.17, 15) is 13.6 Å². The highest BCUT2D eigenvalue weighted by molar-refractivity contribution is 5.94. The summed E-state index contributed by atoms with van der Waals surface area (Å²) in [5.74, 6) is 0.983. The van der Waals surface area contributed by atoms with E-state index < -0.39 is 6.61 Å². The van der Waals surface area contributed by atoms with Crippen LogP contribution < -0.4 is 24.3 Å². The maximum atomic E-state index is 12.5. The van der Waals surface area contributed by atoms with E-state index in [1.165, 1.54) is 20.3 Å². The number of carbonyl (C=O) groups is 1. The Morgan fingerprint density at radius 1 is 1.00 bits per heavy atom. The first-order chi connectivity index (χ1) is 14.5. The number of halogens is 2. The molecule has 0 radical (unpaired) electrons. The Kier molecular flexibility index (Phi) is 9.18. The number of ether oxygens (including phenoxy) is 4. The molecule has 0 spiro atoms. The van der Waals surface area contributed by atoms with E-state index in [0.29, 0.717) is 36.6 Å². The van der Waals surface area contributed by atoms with Gasteiger partial charge in [-0.25, -0.2) is 0 Å². The van der Waals surface area contributed by atoms with Crippen molar-refractivity contribution >= 4 is 5.91 Å². The van der Waals surface area contributed by atoms with Gasteiger partial charge in [0, 0.05) is 12.1 Å². The third kappa shape index (κ3) is 6.79. The number of hydrogen-bond donors (Lipinski definition) is 1. The molecule has 1 amide bonds. The van der Waals surface area contributed by atoms with Crippen LogP contribution in [0.2, 0.25) is 0 Å². The second kappa shape index (κ2) is 11.8. The summed E-state index contributed by atoms with van der Waals surface area (Å²) in [5.41, 5.74) is 1.16. The number of amides is 1. The van der Waals surface area contributed by atoms with Gasteiger partial charge in [-0.15, -0.1) is 0 Å². The zero-order valence-corrected chi connectivity index (χ0v) is 17.4. The molecule has 2 aromatic rings. The molecule has 2 aromatic carbocycles. The molecule has 0 fully saturated rings. The predicted molar refractivity (Wildman–Crippen MR) is 109 cm³/mol. The Morgan fingerprint density at radius 2 is 1.73 bits per heavy atom. The summed E-state index contributed by atoms with van der Waals surface area (Å²) in [4.78, 5) is 12.4. The second-order valence-corrected chi connectivity index (χ2v) is 6.44. The highest BCUT2D eigenvalue weighted by Gasteiger charge is 2.13. The predicted octanol–water partition coefficient (Wildman–Crippen LogP) is 4.46. The molecule has 6 nitrogen and oxygen atoms in total. The summed E-state index contributed by atoms with van der Waals surface area (Å²) >= 11 is 0. The molecule has 30 heavy (non-hydrogen) atoms. The van der Waals surface area contributed by atoms with Crippen molar-refractivity contribution in [3.63, 3.8) is 0 Å². The number of benzene rings is 2. The Morgan fingerprint density at radius 3 is 2.40 bits per heavy atom. The van der Waals surface area contributed by atoms with E-state index in [4.69, 9.17) is 14.2 Å². The fourth-order valence-corrected chi connectivity index (χ4v) is 2.74. The van der Waals surface area contributed by atoms with Gasteiger partial charge in [0.05, 0.1) is 20.8 Å². The lowest BCUT2D eigenvalue weighted by Gasteiger charge is -2.13. The molecule has 0 bridgehead atoms. The number of methoxy groups -OCH3 is 2. The molecule has 0 saturated carbocycles. The lowest BCUT2D eigenvalue weighted by Crippen LogP contribution is -2.25. The van der Waals surface area contributed by atoms with Crippen molar-refractivity contribution in [2.24, 2.45) is 0 Å². The standard InChI is InChI=1S/C22H27F2NO5/c1-4-5-12-29-18-9-7-16(14-19(18)28-3)21(26)25-11-10-15-6-8-17(27-2)20(13-15)30-22(23)24/h6-9,13-14,22H,4-5,10-12H2,1-3H3,(H,25,26). The van der Waals surface area contributed by atoms with Crippen LogP contribution in [0.25, 0.3) is 0 Å². The molecule has 0 saturated heterocycles. The SMILES string of the molecule is CCCCOc1ccc(C(=O)NCCc2ccc(OC)c(OC(F)F)c2)cc1OC. The molecular weight excluding hydrogens is 396 g/mol. The molecule has 0 atom stereocenters. The van der Waals surface area contributed by atoms with Crippen LogP contribution >= 0.6 is 0 Å². The van der Waals surface area contributed by atoms with Gasteiger partial charge in [0.25, 0.3) is 5.91 Å². The van der Waals surface area contributed by atoms with Crippen molar-refractivity contribution in [2.45, 2.75) is 32.8 Å². The zero-order valence-electron chi connectivity index (χ0n) is 17.4. The summed E-state index contributed by atoms with van der Waals surface area (Å²) in [7, 11) is 2.90. The van der Waals surface area contributed by atoms with E-state index in [2.05, 4.69) is 17.0 Å². The smallest absolute Gasteiger partial charge is 0.387 e. The van der Waals surface area contributed by atoms with Crippen LogP contribution in [0.4, 0.5) is 8.78 Å². The van der Waals surface area contributed by atoms with Gasteiger partial charge in [-0.05, 0) is 48.7 Å². The summed E-state index contributed by atoms with van der Waals surface area (Å²) in [6, 6.07) is 9.76. The Labute approximate surface area is 175 Å². The normalized spacial score (nSPS) is 10.6. The van der Waals surface area contributed by atoms with Crippen LogP contribution in [0.1, 0.15) is 35.7 Å². The van der Waals surface area contributed by atoms with Gasteiger partial charge in [-0.3, -0.25) is 4.79 Å². The fraction of sp³-hybridized carbons (Fsp3) is 0.409. The molecule has 0 unspecified atom stereocenters. The van der Waals surface area contributed by atoms with E-state index in [0.717, 1.165) is 18.4 Å². The quantitative estimate of drug-likeness (QED) is 0.511. The molecule has 0 aliphatic heterocycles. The summed E-state index contributed by atoms with van der Waals surface area (Å²) in [6.07, 6.45) is 2.39. The van der Waals surface area contributed by atoms with E-state index in [1.807, 2.05) is 0 Å². The van der Waals surface area contributed by atoms with Gasteiger partial charge in [-0.2, -0.15) is 8.78 Å². The summed E-state index contributed by atoms with van der Waals surface area (Å²) in [5, 5.41) is 2.80. The highest BCUT2D eigenvalue weighted by atomic mass is 19.3. The van der Waals surface area contributed by atoms with Crippen LogP contribution in [-0.2, 0) is 6.42 Å². The third-order valence-electron chi connectivity index (χ3n) is 4.32. The number of alkyl halides is 2. The maximum absolute atomic E-state index is 12.5. The highest BCUT2D eigenvalue weighted by Crippen LogP contribution is 2.30. The van der Waals surface area contributed by atoms with Crippen molar-refractivity contribution in [2.75, 3.05) is 27.4 Å². The number of hydrogen-bond acceptors (Lipinski definition) is 5. The van der Waals surface area contributed by atoms with E-state index >= 15 is 0 Å². The number of carbonyl (C=O) groups excluding carboxylic acids is 1. The first kappa shape index (κ1) is 23.3. The molecule has 1 N–H and O–H groups in total. The van der Waals surface area contributed by atoms with Crippen molar-refractivity contribution in [1.29, 1.82) is 0 Å². The van der Waals surface area contributed by atoms with Crippen molar-refractivity contribution in [1.82, 2.24) is 5.32 Å². The first-order valence-electron chi connectivity index (χ1n) is 9.69. The lowest BCUT2D eigenvalue weighted by molar-refractivity contribution is -0.0512. The fourth-order valence-electron chi connectivity index (χ4n) is 2.74. The van der Waals surface area contributed by atoms with Crippen molar-refractivity contribution < 1.29 is 32.5 Å². The van der Waals surface area contributed by atoms with Crippen molar-refractivity contribution in [3.05, 3.63) is 47.5 Å². The van der Waals surface area contributed by atoms with Gasteiger partial charge >= 0.3 is 6.61 Å². The average Bonchev–Trinajstić information content (AvgIpc) is 2.73. The Bertz CT molecular complexity index is 829. The van der Waals surface area contributed by atoms with Crippen LogP contribution in [0.15, 0.2) is 36.4 Å². The topological polar surface area (TPSA) is 66.0 Å². The minimum absolute atomic E-state index is 0.0419. The third-order valence-corrected chi connectivity index (χ3v) is 4.32. The molecule has 8 heteroatoms. The van der Waals surface area contributed by atoms with Gasteiger partial charge in [-0.1, -0.05) is 19.4 Å². The van der Waals surface area contributed by atoms with E-state index in [1.54, 1.807) is 30.3 Å². The number of rotatable bonds is 12. The van der Waals surface area contributed by atoms with E-state index in [-0.39, 0.29) is 17.4 Å². The van der Waals surface area contributed by atoms with Crippen molar-refractivity contribution in [3.8, 4) is 23.0 Å². The molecular formula is C22H27F2NO5. The van der Waals surface area contributed by atoms with Gasteiger partial charge in [0.15, 0.2) is 23.0 Å². The molecule has 0 aliphatic rings. The Hall–Kier alpha value is -3.03. The first-order valence-corrected chi connectivity index (χ1v) is 9.69. The van der Waals surface area contributed by atoms with Gasteiger partial charge < -0.3 is 24.3 Å². The van der Waals surface area contributed by atoms with Gasteiger partial charge in [0.2, 0.25) is 0 Å². The average molecular weight is 423 g/mol. The minimum atomic E-state index is -2.95. The minimum Gasteiger partial charge on any atom is -0.493 e. The van der Waals surface area contributed by atoms with Crippen LogP contribution in [0.5, 0.6) is 23.0 Å². The van der Waals surface area contributed by atoms with Crippen LogP contribution in [-0.4, -0.2) is 39.9 Å². The van der Waals surface area contributed by atoms with Gasteiger partial charge in [0.1, 0.15) is 0 Å².